The summed E-state index contributed by atoms with van der Waals surface area (Å²) in [6, 6.07) is 5.46. The van der Waals surface area contributed by atoms with Crippen LogP contribution in [0.3, 0.4) is 0 Å². The molecule has 1 fully saturated rings. The van der Waals surface area contributed by atoms with E-state index in [4.69, 9.17) is 11.6 Å². The van der Waals surface area contributed by atoms with Crippen molar-refractivity contribution in [2.75, 3.05) is 0 Å². The maximum Gasteiger partial charge on any atom is 0.252 e. The first kappa shape index (κ1) is 14.8. The third-order valence-electron chi connectivity index (χ3n) is 3.73. The van der Waals surface area contributed by atoms with E-state index in [2.05, 4.69) is 11.4 Å². The lowest BCUT2D eigenvalue weighted by Crippen LogP contribution is -2.40. The van der Waals surface area contributed by atoms with Gasteiger partial charge in [-0.3, -0.25) is 4.79 Å². The summed E-state index contributed by atoms with van der Waals surface area (Å²) in [5.41, 5.74) is 0.271. The van der Waals surface area contributed by atoms with Crippen LogP contribution in [0.4, 0.5) is 4.39 Å². The molecule has 1 saturated carbocycles. The van der Waals surface area contributed by atoms with Crippen molar-refractivity contribution in [3.05, 3.63) is 34.6 Å². The molecule has 3 nitrogen and oxygen atoms in total. The van der Waals surface area contributed by atoms with Crippen LogP contribution < -0.4 is 5.32 Å². The van der Waals surface area contributed by atoms with Gasteiger partial charge < -0.3 is 5.32 Å². The monoisotopic (exact) mass is 294 g/mol. The normalized spacial score (nSPS) is 17.2. The van der Waals surface area contributed by atoms with Crippen LogP contribution in [0.5, 0.6) is 0 Å². The highest BCUT2D eigenvalue weighted by Crippen LogP contribution is 2.26. The predicted octanol–water partition coefficient (Wildman–Crippen LogP) is 3.68. The Kier molecular flexibility index (Phi) is 4.97. The lowest BCUT2D eigenvalue weighted by molar-refractivity contribution is 0.0929. The van der Waals surface area contributed by atoms with E-state index in [1.165, 1.54) is 18.6 Å². The summed E-state index contributed by atoms with van der Waals surface area (Å²) < 4.78 is 13.1. The van der Waals surface area contributed by atoms with Crippen LogP contribution in [0, 0.1) is 23.1 Å². The Morgan fingerprint density at radius 1 is 1.40 bits per heavy atom. The molecule has 1 amide bonds. The lowest BCUT2D eigenvalue weighted by atomic mass is 9.84. The highest BCUT2D eigenvalue weighted by atomic mass is 35.5. The summed E-state index contributed by atoms with van der Waals surface area (Å²) >= 11 is 5.66. The molecule has 1 aliphatic rings. The molecule has 1 aliphatic carbocycles. The van der Waals surface area contributed by atoms with Crippen LogP contribution in [0.1, 0.15) is 42.5 Å². The Morgan fingerprint density at radius 2 is 2.10 bits per heavy atom. The molecule has 0 aromatic heterocycles. The molecule has 0 radical (unpaired) electrons. The summed E-state index contributed by atoms with van der Waals surface area (Å²) in [6.45, 7) is 0. The zero-order valence-electron chi connectivity index (χ0n) is 11.0. The molecule has 20 heavy (non-hydrogen) atoms. The molecule has 1 atom stereocenters. The van der Waals surface area contributed by atoms with Gasteiger partial charge in [-0.05, 0) is 37.0 Å². The van der Waals surface area contributed by atoms with E-state index in [1.54, 1.807) is 0 Å². The second-order valence-electron chi connectivity index (χ2n) is 5.11. The third kappa shape index (κ3) is 3.49. The van der Waals surface area contributed by atoms with Crippen molar-refractivity contribution >= 4 is 17.5 Å². The van der Waals surface area contributed by atoms with Gasteiger partial charge in [0.1, 0.15) is 11.9 Å². The average molecular weight is 295 g/mol. The van der Waals surface area contributed by atoms with Gasteiger partial charge >= 0.3 is 0 Å². The first-order valence-corrected chi connectivity index (χ1v) is 7.15. The SMILES string of the molecule is N#CC(NC(=O)c1ccc(F)c(Cl)c1)C1CCCCC1. The molecule has 106 valence electrons. The van der Waals surface area contributed by atoms with Gasteiger partial charge in [-0.1, -0.05) is 30.9 Å². The molecule has 0 heterocycles. The Hall–Kier alpha value is -1.60. The second-order valence-corrected chi connectivity index (χ2v) is 5.51. The number of carbonyl (C=O) groups is 1. The lowest BCUT2D eigenvalue weighted by Gasteiger charge is -2.26. The minimum absolute atomic E-state index is 0.0937. The minimum atomic E-state index is -0.563. The first-order chi connectivity index (χ1) is 9.61. The summed E-state index contributed by atoms with van der Waals surface area (Å²) in [5.74, 6) is -0.745. The fourth-order valence-corrected chi connectivity index (χ4v) is 2.77. The topological polar surface area (TPSA) is 52.9 Å². The fraction of sp³-hybridized carbons (Fsp3) is 0.467. The molecule has 0 spiro atoms. The molecule has 1 aromatic carbocycles. The van der Waals surface area contributed by atoms with Gasteiger partial charge in [-0.2, -0.15) is 5.26 Å². The number of halogens is 2. The molecular formula is C15H16ClFN2O. The van der Waals surface area contributed by atoms with E-state index in [0.717, 1.165) is 31.7 Å². The van der Waals surface area contributed by atoms with Crippen molar-refractivity contribution < 1.29 is 9.18 Å². The smallest absolute Gasteiger partial charge is 0.252 e. The van der Waals surface area contributed by atoms with Crippen LogP contribution in [0.2, 0.25) is 5.02 Å². The zero-order chi connectivity index (χ0) is 14.5. The number of nitriles is 1. The number of rotatable bonds is 3. The van der Waals surface area contributed by atoms with Crippen molar-refractivity contribution in [1.29, 1.82) is 5.26 Å². The van der Waals surface area contributed by atoms with E-state index >= 15 is 0 Å². The minimum Gasteiger partial charge on any atom is -0.336 e. The molecule has 1 unspecified atom stereocenters. The zero-order valence-corrected chi connectivity index (χ0v) is 11.8. The number of benzene rings is 1. The number of hydrogen-bond donors (Lipinski definition) is 1. The maximum absolute atomic E-state index is 13.1. The van der Waals surface area contributed by atoms with Crippen LogP contribution in [0.15, 0.2) is 18.2 Å². The van der Waals surface area contributed by atoms with Crippen LogP contribution in [-0.2, 0) is 0 Å². The van der Waals surface area contributed by atoms with Crippen molar-refractivity contribution in [3.63, 3.8) is 0 Å². The summed E-state index contributed by atoms with van der Waals surface area (Å²) in [7, 11) is 0. The Bertz CT molecular complexity index is 535. The summed E-state index contributed by atoms with van der Waals surface area (Å²) in [6.07, 6.45) is 5.31. The quantitative estimate of drug-likeness (QED) is 0.924. The number of carbonyl (C=O) groups excluding carboxylic acids is 1. The molecule has 0 aliphatic heterocycles. The van der Waals surface area contributed by atoms with Gasteiger partial charge in [0.05, 0.1) is 11.1 Å². The number of amides is 1. The number of nitrogens with zero attached hydrogens (tertiary/aromatic N) is 1. The molecule has 2 rings (SSSR count). The first-order valence-electron chi connectivity index (χ1n) is 6.77. The van der Waals surface area contributed by atoms with Crippen molar-refractivity contribution in [2.45, 2.75) is 38.1 Å². The van der Waals surface area contributed by atoms with E-state index in [-0.39, 0.29) is 22.4 Å². The van der Waals surface area contributed by atoms with Crippen molar-refractivity contribution in [1.82, 2.24) is 5.32 Å². The van der Waals surface area contributed by atoms with E-state index in [1.807, 2.05) is 0 Å². The number of hydrogen-bond acceptors (Lipinski definition) is 2. The van der Waals surface area contributed by atoms with Crippen LogP contribution in [0.25, 0.3) is 0 Å². The average Bonchev–Trinajstić information content (AvgIpc) is 2.48. The largest absolute Gasteiger partial charge is 0.336 e. The van der Waals surface area contributed by atoms with Gasteiger partial charge in [-0.15, -0.1) is 0 Å². The Balaban J connectivity index is 2.05. The van der Waals surface area contributed by atoms with E-state index in [9.17, 15) is 14.4 Å². The maximum atomic E-state index is 13.1. The van der Waals surface area contributed by atoms with Gasteiger partial charge in [0.2, 0.25) is 0 Å². The van der Waals surface area contributed by atoms with Gasteiger partial charge in [0, 0.05) is 5.56 Å². The molecule has 5 heteroatoms. The molecule has 0 saturated heterocycles. The summed E-state index contributed by atoms with van der Waals surface area (Å²) in [4.78, 5) is 12.1. The highest BCUT2D eigenvalue weighted by molar-refractivity contribution is 6.31. The standard InChI is InChI=1S/C15H16ClFN2O/c16-12-8-11(6-7-13(12)17)15(20)19-14(9-18)10-4-2-1-3-5-10/h6-8,10,14H,1-5H2,(H,19,20). The van der Waals surface area contributed by atoms with Gasteiger partial charge in [0.25, 0.3) is 5.91 Å². The molecular weight excluding hydrogens is 279 g/mol. The second kappa shape index (κ2) is 6.71. The molecule has 1 aromatic rings. The fourth-order valence-electron chi connectivity index (χ4n) is 2.58. The highest BCUT2D eigenvalue weighted by Gasteiger charge is 2.25. The Morgan fingerprint density at radius 3 is 2.70 bits per heavy atom. The molecule has 0 bridgehead atoms. The van der Waals surface area contributed by atoms with E-state index in [0.29, 0.717) is 0 Å². The van der Waals surface area contributed by atoms with Crippen LogP contribution >= 0.6 is 11.6 Å². The van der Waals surface area contributed by atoms with Crippen molar-refractivity contribution in [3.8, 4) is 6.07 Å². The summed E-state index contributed by atoms with van der Waals surface area (Å²) in [5, 5.41) is 11.8. The van der Waals surface area contributed by atoms with Gasteiger partial charge in [0.15, 0.2) is 0 Å². The van der Waals surface area contributed by atoms with Crippen LogP contribution in [-0.4, -0.2) is 11.9 Å². The van der Waals surface area contributed by atoms with E-state index < -0.39 is 11.9 Å². The Labute approximate surface area is 122 Å². The van der Waals surface area contributed by atoms with Gasteiger partial charge in [-0.25, -0.2) is 4.39 Å². The van der Waals surface area contributed by atoms with Crippen molar-refractivity contribution in [2.24, 2.45) is 5.92 Å². The molecule has 1 N–H and O–H groups in total. The predicted molar refractivity (Wildman–Crippen MR) is 74.9 cm³/mol. The third-order valence-corrected chi connectivity index (χ3v) is 4.02. The number of nitrogens with one attached hydrogen (secondary N) is 1.